The molecule has 6 heteroatoms. The summed E-state index contributed by atoms with van der Waals surface area (Å²) in [6.07, 6.45) is 0.928. The minimum absolute atomic E-state index is 0.0323. The lowest BCUT2D eigenvalue weighted by Gasteiger charge is -2.18. The van der Waals surface area contributed by atoms with Gasteiger partial charge in [0, 0.05) is 18.7 Å². The van der Waals surface area contributed by atoms with Crippen LogP contribution >= 0.6 is 0 Å². The maximum Gasteiger partial charge on any atom is 0.261 e. The maximum absolute atomic E-state index is 12.7. The summed E-state index contributed by atoms with van der Waals surface area (Å²) in [5, 5.41) is 0. The zero-order valence-electron chi connectivity index (χ0n) is 14.9. The van der Waals surface area contributed by atoms with Crippen LogP contribution in [0.25, 0.3) is 0 Å². The number of hydrogen-bond acceptors (Lipinski definition) is 4. The number of fused-ring (bicyclic) bond motifs is 1. The largest absolute Gasteiger partial charge is 0.338 e. The Bertz CT molecular complexity index is 889. The Labute approximate surface area is 157 Å². The number of hydrogen-bond donors (Lipinski definition) is 1. The lowest BCUT2D eigenvalue weighted by Crippen LogP contribution is -2.31. The number of rotatable bonds is 4. The third-order valence-corrected chi connectivity index (χ3v) is 5.30. The van der Waals surface area contributed by atoms with E-state index in [9.17, 15) is 14.4 Å². The van der Waals surface area contributed by atoms with E-state index < -0.39 is 0 Å². The first-order chi connectivity index (χ1) is 13.1. The first-order valence-corrected chi connectivity index (χ1v) is 9.12. The van der Waals surface area contributed by atoms with Crippen molar-refractivity contribution in [1.82, 2.24) is 9.80 Å². The highest BCUT2D eigenvalue weighted by Crippen LogP contribution is 2.25. The van der Waals surface area contributed by atoms with E-state index in [2.05, 4.69) is 0 Å². The normalized spacial score (nSPS) is 18.9. The smallest absolute Gasteiger partial charge is 0.261 e. The van der Waals surface area contributed by atoms with Gasteiger partial charge in [0.2, 0.25) is 0 Å². The van der Waals surface area contributed by atoms with Gasteiger partial charge in [-0.2, -0.15) is 0 Å². The molecule has 2 aromatic rings. The predicted octanol–water partition coefficient (Wildman–Crippen LogP) is 1.90. The van der Waals surface area contributed by atoms with Gasteiger partial charge in [0.15, 0.2) is 0 Å². The quantitative estimate of drug-likeness (QED) is 0.841. The summed E-state index contributed by atoms with van der Waals surface area (Å²) in [6, 6.07) is 14.0. The molecule has 2 aromatic carbocycles. The second kappa shape index (κ2) is 6.96. The van der Waals surface area contributed by atoms with Crippen molar-refractivity contribution in [2.45, 2.75) is 13.0 Å². The highest BCUT2D eigenvalue weighted by Gasteiger charge is 2.35. The van der Waals surface area contributed by atoms with Gasteiger partial charge in [-0.25, -0.2) is 0 Å². The van der Waals surface area contributed by atoms with E-state index >= 15 is 0 Å². The molecule has 2 aliphatic heterocycles. The lowest BCUT2D eigenvalue weighted by molar-refractivity contribution is 0.0642. The number of benzene rings is 2. The highest BCUT2D eigenvalue weighted by atomic mass is 16.2. The van der Waals surface area contributed by atoms with E-state index in [0.29, 0.717) is 42.2 Å². The molecule has 138 valence electrons. The number of amides is 3. The van der Waals surface area contributed by atoms with Crippen LogP contribution < -0.4 is 5.73 Å². The van der Waals surface area contributed by atoms with Gasteiger partial charge in [-0.05, 0) is 48.7 Å². The molecular formula is C21H21N3O3. The third-order valence-electron chi connectivity index (χ3n) is 5.30. The fourth-order valence-corrected chi connectivity index (χ4v) is 3.76. The van der Waals surface area contributed by atoms with Gasteiger partial charge in [0.1, 0.15) is 0 Å². The Morgan fingerprint density at radius 2 is 1.74 bits per heavy atom. The van der Waals surface area contributed by atoms with Gasteiger partial charge in [-0.3, -0.25) is 19.3 Å². The molecule has 6 nitrogen and oxygen atoms in total. The summed E-state index contributed by atoms with van der Waals surface area (Å²) in [6.45, 7) is 2.13. The van der Waals surface area contributed by atoms with Crippen molar-refractivity contribution in [2.24, 2.45) is 11.7 Å². The molecule has 0 aromatic heterocycles. The van der Waals surface area contributed by atoms with Crippen molar-refractivity contribution >= 4 is 17.7 Å². The van der Waals surface area contributed by atoms with Crippen LogP contribution in [0, 0.1) is 5.92 Å². The van der Waals surface area contributed by atoms with Gasteiger partial charge >= 0.3 is 0 Å². The van der Waals surface area contributed by atoms with Crippen LogP contribution in [-0.2, 0) is 6.54 Å². The molecule has 3 amide bonds. The van der Waals surface area contributed by atoms with E-state index in [1.54, 1.807) is 42.5 Å². The molecule has 2 N–H and O–H groups in total. The molecule has 1 atom stereocenters. The predicted molar refractivity (Wildman–Crippen MR) is 100 cm³/mol. The Morgan fingerprint density at radius 1 is 1.04 bits per heavy atom. The number of likely N-dealkylation sites (tertiary alicyclic amines) is 1. The fourth-order valence-electron chi connectivity index (χ4n) is 3.76. The molecule has 0 radical (unpaired) electrons. The van der Waals surface area contributed by atoms with E-state index in [-0.39, 0.29) is 24.3 Å². The monoisotopic (exact) mass is 363 g/mol. The average molecular weight is 363 g/mol. The second-order valence-electron chi connectivity index (χ2n) is 7.08. The van der Waals surface area contributed by atoms with Crippen LogP contribution in [0.2, 0.25) is 0 Å². The third kappa shape index (κ3) is 3.13. The molecule has 1 saturated heterocycles. The van der Waals surface area contributed by atoms with Crippen molar-refractivity contribution in [2.75, 3.05) is 19.6 Å². The number of carbonyl (C=O) groups is 3. The Hall–Kier alpha value is -2.99. The molecule has 0 spiro atoms. The number of nitrogens with zero attached hydrogens (tertiary/aromatic N) is 2. The first-order valence-electron chi connectivity index (χ1n) is 9.12. The van der Waals surface area contributed by atoms with Crippen molar-refractivity contribution < 1.29 is 14.4 Å². The van der Waals surface area contributed by atoms with Crippen LogP contribution in [0.1, 0.15) is 43.1 Å². The van der Waals surface area contributed by atoms with Gasteiger partial charge in [-0.15, -0.1) is 0 Å². The molecule has 1 unspecified atom stereocenters. The van der Waals surface area contributed by atoms with Gasteiger partial charge in [0.05, 0.1) is 17.7 Å². The highest BCUT2D eigenvalue weighted by molar-refractivity contribution is 6.21. The van der Waals surface area contributed by atoms with Crippen molar-refractivity contribution in [3.63, 3.8) is 0 Å². The molecule has 2 aliphatic rings. The Kier molecular flexibility index (Phi) is 4.49. The van der Waals surface area contributed by atoms with E-state index in [1.165, 1.54) is 4.90 Å². The number of nitrogens with two attached hydrogens (primary N) is 1. The minimum atomic E-state index is -0.294. The van der Waals surface area contributed by atoms with Crippen molar-refractivity contribution in [1.29, 1.82) is 0 Å². The molecule has 2 heterocycles. The number of imide groups is 1. The van der Waals surface area contributed by atoms with Crippen LogP contribution in [0.3, 0.4) is 0 Å². The fraction of sp³-hybridized carbons (Fsp3) is 0.286. The molecule has 4 rings (SSSR count). The van der Waals surface area contributed by atoms with Gasteiger partial charge in [0.25, 0.3) is 17.7 Å². The lowest BCUT2D eigenvalue weighted by atomic mass is 10.1. The standard InChI is InChI=1S/C21H21N3O3/c22-11-15-8-9-23(12-15)19(25)16-5-3-4-14(10-16)13-24-20(26)17-6-1-2-7-18(17)21(24)27/h1-7,10,15H,8-9,11-13,22H2. The molecule has 1 fully saturated rings. The van der Waals surface area contributed by atoms with Crippen LogP contribution in [-0.4, -0.2) is 47.2 Å². The van der Waals surface area contributed by atoms with Crippen molar-refractivity contribution in [3.05, 3.63) is 70.8 Å². The zero-order valence-corrected chi connectivity index (χ0v) is 14.9. The van der Waals surface area contributed by atoms with E-state index in [0.717, 1.165) is 12.0 Å². The summed E-state index contributed by atoms with van der Waals surface area (Å²) >= 11 is 0. The molecule has 0 bridgehead atoms. The average Bonchev–Trinajstić information content (AvgIpc) is 3.27. The zero-order chi connectivity index (χ0) is 19.0. The Balaban J connectivity index is 1.52. The van der Waals surface area contributed by atoms with Gasteiger partial charge in [-0.1, -0.05) is 24.3 Å². The first kappa shape index (κ1) is 17.4. The summed E-state index contributed by atoms with van der Waals surface area (Å²) < 4.78 is 0. The van der Waals surface area contributed by atoms with Gasteiger partial charge < -0.3 is 10.6 Å². The summed E-state index contributed by atoms with van der Waals surface area (Å²) in [5.74, 6) is -0.263. The Morgan fingerprint density at radius 3 is 2.37 bits per heavy atom. The van der Waals surface area contributed by atoms with Crippen LogP contribution in [0.4, 0.5) is 0 Å². The van der Waals surface area contributed by atoms with Crippen LogP contribution in [0.15, 0.2) is 48.5 Å². The maximum atomic E-state index is 12.7. The SMILES string of the molecule is NCC1CCN(C(=O)c2cccc(CN3C(=O)c4ccccc4C3=O)c2)C1. The molecule has 27 heavy (non-hydrogen) atoms. The molecular weight excluding hydrogens is 342 g/mol. The molecule has 0 aliphatic carbocycles. The van der Waals surface area contributed by atoms with E-state index in [1.807, 2.05) is 11.0 Å². The van der Waals surface area contributed by atoms with E-state index in [4.69, 9.17) is 5.73 Å². The number of carbonyl (C=O) groups excluding carboxylic acids is 3. The topological polar surface area (TPSA) is 83.7 Å². The van der Waals surface area contributed by atoms with Crippen molar-refractivity contribution in [3.8, 4) is 0 Å². The van der Waals surface area contributed by atoms with Crippen LogP contribution in [0.5, 0.6) is 0 Å². The summed E-state index contributed by atoms with van der Waals surface area (Å²) in [4.78, 5) is 40.8. The minimum Gasteiger partial charge on any atom is -0.338 e. The second-order valence-corrected chi connectivity index (χ2v) is 7.08. The molecule has 0 saturated carbocycles. The summed E-state index contributed by atoms with van der Waals surface area (Å²) in [5.41, 5.74) is 7.89. The summed E-state index contributed by atoms with van der Waals surface area (Å²) in [7, 11) is 0.